The Hall–Kier alpha value is -5.56. The Balaban J connectivity index is 1.23. The predicted molar refractivity (Wildman–Crippen MR) is 240 cm³/mol. The average Bonchev–Trinajstić information content (AvgIpc) is 3.67. The zero-order valence-corrected chi connectivity index (χ0v) is 36.7. The lowest BCUT2D eigenvalue weighted by Gasteiger charge is -2.41. The van der Waals surface area contributed by atoms with Crippen LogP contribution in [-0.4, -0.2) is 95.3 Å². The summed E-state index contributed by atoms with van der Waals surface area (Å²) in [6.07, 6.45) is 1.25. The lowest BCUT2D eigenvalue weighted by Crippen LogP contribution is -2.53. The van der Waals surface area contributed by atoms with Gasteiger partial charge in [0.05, 0.1) is 46.9 Å². The third-order valence-electron chi connectivity index (χ3n) is 11.4. The van der Waals surface area contributed by atoms with Crippen molar-refractivity contribution in [2.24, 2.45) is 7.05 Å². The van der Waals surface area contributed by atoms with Gasteiger partial charge in [-0.05, 0) is 82.7 Å². The summed E-state index contributed by atoms with van der Waals surface area (Å²) < 4.78 is 21.7. The molecule has 0 atom stereocenters. The van der Waals surface area contributed by atoms with Crippen LogP contribution in [0, 0.1) is 13.8 Å². The number of methoxy groups -OCH3 is 1. The van der Waals surface area contributed by atoms with Gasteiger partial charge in [-0.1, -0.05) is 60.1 Å². The van der Waals surface area contributed by atoms with E-state index in [0.29, 0.717) is 73.3 Å². The number of carbonyl (C=O) groups is 2. The second-order valence-corrected chi connectivity index (χ2v) is 16.9. The molecular formula is C47H56ClN7O5. The standard InChI is InChI=1S/C47H56ClN7O5/c1-30-40(31(2)51(6)50-30)41-37(48)22-21-35-34(18-13-29-59-39-20-11-15-32-14-9-10-16-33(32)39)44(46(57)60-47(3,4)5)55(43(35)41)28-25-53-23-26-54(27-24-53)52(7)42-36(45(56)58-8)17-12-19-38(42)49/h9-12,14-17,19-22H,13,18,23-29,49H2,1-8H3. The monoisotopic (exact) mass is 833 g/mol. The molecule has 1 aliphatic heterocycles. The van der Waals surface area contributed by atoms with E-state index in [1.807, 2.05) is 94.8 Å². The van der Waals surface area contributed by atoms with Crippen molar-refractivity contribution >= 4 is 56.6 Å². The van der Waals surface area contributed by atoms with Crippen molar-refractivity contribution in [3.05, 3.63) is 106 Å². The molecule has 12 nitrogen and oxygen atoms in total. The number of nitrogens with zero attached hydrogens (tertiary/aromatic N) is 6. The van der Waals surface area contributed by atoms with Gasteiger partial charge in [-0.25, -0.2) is 14.6 Å². The first-order valence-corrected chi connectivity index (χ1v) is 20.9. The number of hydrazine groups is 1. The first-order chi connectivity index (χ1) is 28.7. The van der Waals surface area contributed by atoms with Gasteiger partial charge in [0.2, 0.25) is 0 Å². The van der Waals surface area contributed by atoms with E-state index in [-0.39, 0.29) is 5.97 Å². The zero-order valence-electron chi connectivity index (χ0n) is 36.0. The van der Waals surface area contributed by atoms with Crippen molar-refractivity contribution < 1.29 is 23.8 Å². The molecule has 0 amide bonds. The van der Waals surface area contributed by atoms with Crippen LogP contribution in [0.2, 0.25) is 5.02 Å². The number of aromatic nitrogens is 3. The van der Waals surface area contributed by atoms with E-state index in [1.54, 1.807) is 18.2 Å². The van der Waals surface area contributed by atoms with Crippen LogP contribution in [0.3, 0.4) is 0 Å². The van der Waals surface area contributed by atoms with Gasteiger partial charge >= 0.3 is 11.9 Å². The first-order valence-electron chi connectivity index (χ1n) is 20.5. The number of para-hydroxylation sites is 1. The molecule has 0 saturated carbocycles. The van der Waals surface area contributed by atoms with Crippen molar-refractivity contribution in [2.75, 3.05) is 64.2 Å². The molecule has 2 N–H and O–H groups in total. The Morgan fingerprint density at radius 1 is 0.883 bits per heavy atom. The molecular weight excluding hydrogens is 778 g/mol. The minimum Gasteiger partial charge on any atom is -0.493 e. The van der Waals surface area contributed by atoms with Gasteiger partial charge in [0.1, 0.15) is 17.0 Å². The second-order valence-electron chi connectivity index (χ2n) is 16.5. The summed E-state index contributed by atoms with van der Waals surface area (Å²) in [6, 6.07) is 23.6. The summed E-state index contributed by atoms with van der Waals surface area (Å²) >= 11 is 7.20. The molecule has 4 aromatic carbocycles. The summed E-state index contributed by atoms with van der Waals surface area (Å²) in [6.45, 7) is 14.3. The molecule has 60 heavy (non-hydrogen) atoms. The van der Waals surface area contributed by atoms with Crippen LogP contribution in [0.5, 0.6) is 5.75 Å². The Kier molecular flexibility index (Phi) is 12.5. The maximum absolute atomic E-state index is 14.6. The van der Waals surface area contributed by atoms with E-state index < -0.39 is 11.6 Å². The first kappa shape index (κ1) is 42.6. The number of hydrogen-bond acceptors (Lipinski definition) is 10. The molecule has 6 aromatic rings. The van der Waals surface area contributed by atoms with E-state index in [1.165, 1.54) is 7.11 Å². The van der Waals surface area contributed by atoms with Crippen LogP contribution < -0.4 is 15.5 Å². The lowest BCUT2D eigenvalue weighted by molar-refractivity contribution is 0.00557. The number of nitrogen functional groups attached to an aromatic ring is 1. The molecule has 1 aliphatic rings. The second kappa shape index (κ2) is 17.6. The molecule has 1 fully saturated rings. The van der Waals surface area contributed by atoms with Crippen LogP contribution in [0.15, 0.2) is 72.8 Å². The number of ether oxygens (including phenoxy) is 3. The van der Waals surface area contributed by atoms with Crippen molar-refractivity contribution in [3.63, 3.8) is 0 Å². The topological polar surface area (TPSA) is 120 Å². The van der Waals surface area contributed by atoms with Gasteiger partial charge in [0.15, 0.2) is 0 Å². The fourth-order valence-electron chi connectivity index (χ4n) is 8.50. The Bertz CT molecular complexity index is 2540. The summed E-state index contributed by atoms with van der Waals surface area (Å²) in [5, 5.41) is 12.6. The van der Waals surface area contributed by atoms with Gasteiger partial charge in [-0.3, -0.25) is 9.58 Å². The fraction of sp³-hybridized carbons (Fsp3) is 0.383. The molecule has 0 bridgehead atoms. The number of nitrogens with two attached hydrogens (primary N) is 1. The molecule has 7 rings (SSSR count). The van der Waals surface area contributed by atoms with Gasteiger partial charge in [-0.15, -0.1) is 0 Å². The number of halogens is 1. The quantitative estimate of drug-likeness (QED) is 0.0690. The highest BCUT2D eigenvalue weighted by atomic mass is 35.5. The highest BCUT2D eigenvalue weighted by Crippen LogP contribution is 2.42. The van der Waals surface area contributed by atoms with Gasteiger partial charge in [-0.2, -0.15) is 5.10 Å². The van der Waals surface area contributed by atoms with Gasteiger partial charge in [0, 0.05) is 81.0 Å². The highest BCUT2D eigenvalue weighted by Gasteiger charge is 2.32. The minimum absolute atomic E-state index is 0.376. The SMILES string of the molecule is COC(=O)c1cccc(N)c1N(C)N1CCN(CCn2c(C(=O)OC(C)(C)C)c(CCCOc3cccc4ccccc34)c3ccc(Cl)c(-c4c(C)nn(C)c4C)c32)CC1. The third kappa shape index (κ3) is 8.54. The van der Waals surface area contributed by atoms with Crippen molar-refractivity contribution in [1.29, 1.82) is 0 Å². The predicted octanol–water partition coefficient (Wildman–Crippen LogP) is 8.47. The number of anilines is 2. The van der Waals surface area contributed by atoms with E-state index >= 15 is 0 Å². The Morgan fingerprint density at radius 2 is 1.60 bits per heavy atom. The number of piperazine rings is 1. The fourth-order valence-corrected chi connectivity index (χ4v) is 8.74. The average molecular weight is 834 g/mol. The van der Waals surface area contributed by atoms with Crippen molar-refractivity contribution in [2.45, 2.75) is 59.6 Å². The molecule has 2 aromatic heterocycles. The smallest absolute Gasteiger partial charge is 0.355 e. The molecule has 0 spiro atoms. The molecule has 1 saturated heterocycles. The maximum atomic E-state index is 14.6. The molecule has 0 radical (unpaired) electrons. The van der Waals surface area contributed by atoms with Gasteiger partial charge in [0.25, 0.3) is 0 Å². The minimum atomic E-state index is -0.720. The maximum Gasteiger partial charge on any atom is 0.355 e. The number of rotatable bonds is 13. The zero-order chi connectivity index (χ0) is 42.9. The summed E-state index contributed by atoms with van der Waals surface area (Å²) in [4.78, 5) is 29.6. The number of carbonyl (C=O) groups excluding carboxylic acids is 2. The highest BCUT2D eigenvalue weighted by molar-refractivity contribution is 6.35. The summed E-state index contributed by atoms with van der Waals surface area (Å²) in [5.74, 6) is 0.0241. The number of benzene rings is 4. The van der Waals surface area contributed by atoms with E-state index in [4.69, 9.17) is 36.6 Å². The van der Waals surface area contributed by atoms with E-state index in [0.717, 1.165) is 68.6 Å². The van der Waals surface area contributed by atoms with Crippen LogP contribution in [0.1, 0.15) is 65.0 Å². The molecule has 316 valence electrons. The third-order valence-corrected chi connectivity index (χ3v) is 11.7. The largest absolute Gasteiger partial charge is 0.493 e. The Labute approximate surface area is 357 Å². The number of aryl methyl sites for hydroxylation is 3. The number of esters is 2. The molecule has 0 aliphatic carbocycles. The van der Waals surface area contributed by atoms with Gasteiger partial charge < -0.3 is 29.5 Å². The molecule has 3 heterocycles. The van der Waals surface area contributed by atoms with E-state index in [9.17, 15) is 9.59 Å². The number of hydrogen-bond donors (Lipinski definition) is 1. The normalized spacial score (nSPS) is 13.9. The molecule has 13 heteroatoms. The van der Waals surface area contributed by atoms with Crippen LogP contribution in [0.25, 0.3) is 32.8 Å². The van der Waals surface area contributed by atoms with Crippen LogP contribution in [-0.2, 0) is 29.5 Å². The lowest BCUT2D eigenvalue weighted by atomic mass is 9.98. The summed E-state index contributed by atoms with van der Waals surface area (Å²) in [7, 11) is 5.23. The summed E-state index contributed by atoms with van der Waals surface area (Å²) in [5.41, 5.74) is 13.2. The molecule has 0 unspecified atom stereocenters. The van der Waals surface area contributed by atoms with Crippen molar-refractivity contribution in [3.8, 4) is 16.9 Å². The van der Waals surface area contributed by atoms with Crippen LogP contribution in [0.4, 0.5) is 11.4 Å². The van der Waals surface area contributed by atoms with Crippen LogP contribution >= 0.6 is 11.6 Å². The van der Waals surface area contributed by atoms with Crippen molar-refractivity contribution in [1.82, 2.24) is 24.3 Å². The van der Waals surface area contributed by atoms with E-state index in [2.05, 4.69) is 32.7 Å². The Morgan fingerprint density at radius 3 is 2.30 bits per heavy atom. The number of fused-ring (bicyclic) bond motifs is 2.